The van der Waals surface area contributed by atoms with E-state index in [1.165, 1.54) is 315 Å². The molecule has 6 nitrogen and oxygen atoms in total. The summed E-state index contributed by atoms with van der Waals surface area (Å²) >= 11 is 0. The van der Waals surface area contributed by atoms with Crippen LogP contribution in [0.1, 0.15) is 419 Å². The molecule has 0 saturated carbocycles. The Bertz CT molecular complexity index is 1310. The maximum absolute atomic E-state index is 13.0. The third-order valence-corrected chi connectivity index (χ3v) is 17.0. The van der Waals surface area contributed by atoms with Gasteiger partial charge in [0.25, 0.3) is 0 Å². The topological polar surface area (TPSA) is 78.9 Å². The lowest BCUT2D eigenvalue weighted by Gasteiger charge is -2.18. The normalized spacial score (nSPS) is 12.1. The monoisotopic (exact) mass is 1140 g/mol. The molecular weight excluding hydrogens is 997 g/mol. The Balaban J connectivity index is 4.20. The third-order valence-electron chi connectivity index (χ3n) is 17.0. The van der Waals surface area contributed by atoms with Gasteiger partial charge in [0.2, 0.25) is 0 Å². The summed E-state index contributed by atoms with van der Waals surface area (Å²) in [5.41, 5.74) is 0. The molecule has 0 rings (SSSR count). The number of carbonyl (C=O) groups excluding carboxylic acids is 3. The summed E-state index contributed by atoms with van der Waals surface area (Å²) < 4.78 is 17.0. The largest absolute Gasteiger partial charge is 0.462 e. The molecule has 0 fully saturated rings. The fraction of sp³-hybridized carbons (Fsp3) is 0.907. The van der Waals surface area contributed by atoms with Gasteiger partial charge in [-0.2, -0.15) is 0 Å². The highest BCUT2D eigenvalue weighted by Gasteiger charge is 2.20. The van der Waals surface area contributed by atoms with Crippen molar-refractivity contribution in [3.05, 3.63) is 24.3 Å². The van der Waals surface area contributed by atoms with Crippen LogP contribution in [0.25, 0.3) is 0 Å². The van der Waals surface area contributed by atoms with Gasteiger partial charge in [-0.15, -0.1) is 0 Å². The van der Waals surface area contributed by atoms with Crippen molar-refractivity contribution < 1.29 is 28.6 Å². The Hall–Kier alpha value is -2.11. The zero-order chi connectivity index (χ0) is 58.5. The fourth-order valence-electron chi connectivity index (χ4n) is 11.4. The van der Waals surface area contributed by atoms with E-state index in [0.717, 1.165) is 64.2 Å². The molecule has 0 radical (unpaired) electrons. The van der Waals surface area contributed by atoms with Gasteiger partial charge in [0.15, 0.2) is 6.10 Å². The van der Waals surface area contributed by atoms with Gasteiger partial charge in [0.1, 0.15) is 13.2 Å². The molecule has 0 heterocycles. The highest BCUT2D eigenvalue weighted by molar-refractivity contribution is 5.71. The SMILES string of the molecule is CCCCCCC/C=C\C/C=C\CCCCCCCCCCCCCCCCCCCC(=O)OCC(COC(=O)CCCCCCCCCCCCCCCCCC)OC(=O)CCCCCCCCCCCCCCCCCCCC. The molecule has 6 heteroatoms. The Morgan fingerprint density at radius 1 is 0.247 bits per heavy atom. The van der Waals surface area contributed by atoms with Crippen LogP contribution in [0.4, 0.5) is 0 Å². The summed E-state index contributed by atoms with van der Waals surface area (Å²) in [6.07, 6.45) is 86.4. The minimum atomic E-state index is -0.767. The van der Waals surface area contributed by atoms with E-state index in [0.29, 0.717) is 19.3 Å². The van der Waals surface area contributed by atoms with Gasteiger partial charge < -0.3 is 14.2 Å². The van der Waals surface area contributed by atoms with E-state index in [1.54, 1.807) is 0 Å². The Morgan fingerprint density at radius 3 is 0.679 bits per heavy atom. The quantitative estimate of drug-likeness (QED) is 0.0261. The number of ether oxygens (including phenoxy) is 3. The predicted octanol–water partition coefficient (Wildman–Crippen LogP) is 25.3. The van der Waals surface area contributed by atoms with Gasteiger partial charge >= 0.3 is 17.9 Å². The molecule has 0 aromatic heterocycles. The van der Waals surface area contributed by atoms with E-state index in [-0.39, 0.29) is 31.1 Å². The molecule has 0 bridgehead atoms. The Kier molecular flexibility index (Phi) is 68.5. The van der Waals surface area contributed by atoms with Gasteiger partial charge in [0, 0.05) is 19.3 Å². The number of esters is 3. The molecule has 0 aromatic carbocycles. The number of allylic oxidation sites excluding steroid dienone is 4. The Morgan fingerprint density at radius 2 is 0.444 bits per heavy atom. The molecule has 0 spiro atoms. The number of hydrogen-bond acceptors (Lipinski definition) is 6. The van der Waals surface area contributed by atoms with Crippen molar-refractivity contribution >= 4 is 17.9 Å². The van der Waals surface area contributed by atoms with Crippen LogP contribution >= 0.6 is 0 Å². The van der Waals surface area contributed by atoms with Gasteiger partial charge in [-0.25, -0.2) is 0 Å². The summed E-state index contributed by atoms with van der Waals surface area (Å²) in [6.45, 7) is 6.72. The number of rotatable bonds is 69. The first kappa shape index (κ1) is 78.9. The molecule has 1 atom stereocenters. The van der Waals surface area contributed by atoms with E-state index >= 15 is 0 Å². The first-order valence-corrected chi connectivity index (χ1v) is 36.8. The summed E-state index contributed by atoms with van der Waals surface area (Å²) in [4.78, 5) is 38.5. The second-order valence-electron chi connectivity index (χ2n) is 25.2. The lowest BCUT2D eigenvalue weighted by Crippen LogP contribution is -2.30. The lowest BCUT2D eigenvalue weighted by molar-refractivity contribution is -0.167. The van der Waals surface area contributed by atoms with Crippen molar-refractivity contribution in [2.24, 2.45) is 0 Å². The fourth-order valence-corrected chi connectivity index (χ4v) is 11.4. The molecule has 81 heavy (non-hydrogen) atoms. The maximum Gasteiger partial charge on any atom is 0.306 e. The first-order valence-electron chi connectivity index (χ1n) is 36.8. The minimum Gasteiger partial charge on any atom is -0.462 e. The van der Waals surface area contributed by atoms with Gasteiger partial charge in [-0.3, -0.25) is 14.4 Å². The second-order valence-corrected chi connectivity index (χ2v) is 25.2. The average molecular weight is 1140 g/mol. The van der Waals surface area contributed by atoms with E-state index < -0.39 is 6.10 Å². The van der Waals surface area contributed by atoms with Gasteiger partial charge in [-0.05, 0) is 51.4 Å². The van der Waals surface area contributed by atoms with Gasteiger partial charge in [-0.1, -0.05) is 373 Å². The van der Waals surface area contributed by atoms with Crippen LogP contribution in [0.3, 0.4) is 0 Å². The number of hydrogen-bond donors (Lipinski definition) is 0. The summed E-state index contributed by atoms with van der Waals surface area (Å²) in [7, 11) is 0. The van der Waals surface area contributed by atoms with Crippen LogP contribution in [0, 0.1) is 0 Å². The van der Waals surface area contributed by atoms with Gasteiger partial charge in [0.05, 0.1) is 0 Å². The number of carbonyl (C=O) groups is 3. The maximum atomic E-state index is 13.0. The molecule has 0 N–H and O–H groups in total. The second kappa shape index (κ2) is 70.4. The minimum absolute atomic E-state index is 0.0628. The number of unbranched alkanes of at least 4 members (excludes halogenated alkanes) is 54. The van der Waals surface area contributed by atoms with Crippen molar-refractivity contribution in [2.75, 3.05) is 13.2 Å². The zero-order valence-corrected chi connectivity index (χ0v) is 55.1. The molecule has 0 aliphatic rings. The van der Waals surface area contributed by atoms with Crippen LogP contribution in [-0.2, 0) is 28.6 Å². The zero-order valence-electron chi connectivity index (χ0n) is 55.1. The van der Waals surface area contributed by atoms with Crippen LogP contribution < -0.4 is 0 Å². The molecule has 0 aliphatic heterocycles. The van der Waals surface area contributed by atoms with E-state index in [2.05, 4.69) is 45.1 Å². The highest BCUT2D eigenvalue weighted by atomic mass is 16.6. The highest BCUT2D eigenvalue weighted by Crippen LogP contribution is 2.19. The van der Waals surface area contributed by atoms with Crippen molar-refractivity contribution in [1.82, 2.24) is 0 Å². The van der Waals surface area contributed by atoms with E-state index in [9.17, 15) is 14.4 Å². The molecule has 1 unspecified atom stereocenters. The molecular formula is C75H142O6. The third kappa shape index (κ3) is 68.6. The summed E-state index contributed by atoms with van der Waals surface area (Å²) in [6, 6.07) is 0. The summed E-state index contributed by atoms with van der Waals surface area (Å²) in [5.74, 6) is -0.825. The van der Waals surface area contributed by atoms with E-state index in [4.69, 9.17) is 14.2 Å². The smallest absolute Gasteiger partial charge is 0.306 e. The first-order chi connectivity index (χ1) is 40.0. The molecule has 478 valence electrons. The van der Waals surface area contributed by atoms with Crippen LogP contribution in [0.15, 0.2) is 24.3 Å². The van der Waals surface area contributed by atoms with Crippen LogP contribution in [0.2, 0.25) is 0 Å². The predicted molar refractivity (Wildman–Crippen MR) is 353 cm³/mol. The summed E-state index contributed by atoms with van der Waals surface area (Å²) in [5, 5.41) is 0. The molecule has 0 aromatic rings. The Labute approximate surface area is 506 Å². The molecule has 0 aliphatic carbocycles. The molecule has 0 saturated heterocycles. The van der Waals surface area contributed by atoms with Crippen LogP contribution in [-0.4, -0.2) is 37.2 Å². The van der Waals surface area contributed by atoms with Crippen LogP contribution in [0.5, 0.6) is 0 Å². The molecule has 0 amide bonds. The van der Waals surface area contributed by atoms with Crippen molar-refractivity contribution in [2.45, 2.75) is 425 Å². The average Bonchev–Trinajstić information content (AvgIpc) is 3.47. The lowest BCUT2D eigenvalue weighted by atomic mass is 10.0. The van der Waals surface area contributed by atoms with Crippen molar-refractivity contribution in [1.29, 1.82) is 0 Å². The standard InChI is InChI=1S/C75H142O6/c1-4-7-10-13-16-19-22-25-28-31-33-34-35-36-37-38-39-40-41-42-43-45-47-50-53-56-59-62-65-68-74(77)80-71-72(70-79-73(76)67-64-61-58-55-52-49-46-30-27-24-21-18-15-12-9-6-3)81-75(78)69-66-63-60-57-54-51-48-44-32-29-26-23-20-17-14-11-8-5-2/h22,25,31,33,72H,4-21,23-24,26-30,32,34-71H2,1-3H3/b25-22-,33-31-. The van der Waals surface area contributed by atoms with Crippen molar-refractivity contribution in [3.8, 4) is 0 Å². The van der Waals surface area contributed by atoms with Crippen molar-refractivity contribution in [3.63, 3.8) is 0 Å². The van der Waals surface area contributed by atoms with E-state index in [1.807, 2.05) is 0 Å².